The Morgan fingerprint density at radius 2 is 1.76 bits per heavy atom. The minimum Gasteiger partial charge on any atom is -0.497 e. The molecule has 4 nitrogen and oxygen atoms in total. The first-order valence-electron chi connectivity index (χ1n) is 6.67. The van der Waals surface area contributed by atoms with E-state index in [0.29, 0.717) is 28.7 Å². The van der Waals surface area contributed by atoms with E-state index in [0.717, 1.165) is 11.3 Å². The van der Waals surface area contributed by atoms with Crippen molar-refractivity contribution in [1.82, 2.24) is 0 Å². The summed E-state index contributed by atoms with van der Waals surface area (Å²) in [6, 6.07) is 12.8. The Balaban J connectivity index is 2.17. The molecule has 0 aliphatic rings. The molecular weight excluding hydrogens is 286 g/mol. The van der Waals surface area contributed by atoms with Crippen LogP contribution < -0.4 is 15.2 Å². The topological polar surface area (TPSA) is 61.5 Å². The average Bonchev–Trinajstić information content (AvgIpc) is 2.50. The number of hydrogen-bond acceptors (Lipinski definition) is 4. The first kappa shape index (κ1) is 15.4. The molecule has 2 aromatic carbocycles. The average molecular weight is 305 g/mol. The minimum atomic E-state index is -1.21. The Kier molecular flexibility index (Phi) is 5.22. The van der Waals surface area contributed by atoms with Gasteiger partial charge in [0.2, 0.25) is 0 Å². The lowest BCUT2D eigenvalue weighted by molar-refractivity contribution is 0.339. The lowest BCUT2D eigenvalue weighted by Crippen LogP contribution is -2.02. The highest BCUT2D eigenvalue weighted by Crippen LogP contribution is 2.25. The number of anilines is 1. The number of nitrogen functional groups attached to an aromatic ring is 1. The van der Waals surface area contributed by atoms with Crippen molar-refractivity contribution in [1.29, 1.82) is 0 Å². The Morgan fingerprint density at radius 3 is 2.38 bits per heavy atom. The fourth-order valence-electron chi connectivity index (χ4n) is 1.92. The van der Waals surface area contributed by atoms with Crippen molar-refractivity contribution in [2.24, 2.45) is 0 Å². The lowest BCUT2D eigenvalue weighted by Gasteiger charge is -2.09. The SMILES string of the molecule is CCOc1ccc(N)c(S(=O)Cc2ccc(OC)cc2)c1. The van der Waals surface area contributed by atoms with Crippen LogP contribution in [0.15, 0.2) is 47.4 Å². The third kappa shape index (κ3) is 3.98. The predicted octanol–water partition coefficient (Wildman–Crippen LogP) is 2.98. The van der Waals surface area contributed by atoms with Gasteiger partial charge in [0.15, 0.2) is 0 Å². The summed E-state index contributed by atoms with van der Waals surface area (Å²) < 4.78 is 23.0. The molecule has 2 aromatic rings. The van der Waals surface area contributed by atoms with Crippen molar-refractivity contribution in [3.05, 3.63) is 48.0 Å². The van der Waals surface area contributed by atoms with E-state index in [4.69, 9.17) is 15.2 Å². The summed E-state index contributed by atoms with van der Waals surface area (Å²) in [6.45, 7) is 2.47. The third-order valence-electron chi connectivity index (χ3n) is 3.00. The van der Waals surface area contributed by atoms with Crippen LogP contribution in [0.1, 0.15) is 12.5 Å². The number of rotatable bonds is 6. The Labute approximate surface area is 127 Å². The fourth-order valence-corrected chi connectivity index (χ4v) is 3.15. The molecular formula is C16H19NO3S. The Bertz CT molecular complexity index is 626. The maximum Gasteiger partial charge on any atom is 0.120 e. The van der Waals surface area contributed by atoms with E-state index in [-0.39, 0.29) is 0 Å². The summed E-state index contributed by atoms with van der Waals surface area (Å²) in [5, 5.41) is 0. The van der Waals surface area contributed by atoms with Crippen molar-refractivity contribution < 1.29 is 13.7 Å². The molecule has 0 aliphatic carbocycles. The van der Waals surface area contributed by atoms with Crippen molar-refractivity contribution >= 4 is 16.5 Å². The summed E-state index contributed by atoms with van der Waals surface area (Å²) in [6.07, 6.45) is 0. The Hall–Kier alpha value is -2.01. The molecule has 5 heteroatoms. The number of ether oxygens (including phenoxy) is 2. The Morgan fingerprint density at radius 1 is 1.10 bits per heavy atom. The second-order valence-electron chi connectivity index (χ2n) is 4.47. The first-order chi connectivity index (χ1) is 10.1. The van der Waals surface area contributed by atoms with Crippen LogP contribution in [0, 0.1) is 0 Å². The van der Waals surface area contributed by atoms with Crippen LogP contribution >= 0.6 is 0 Å². The van der Waals surface area contributed by atoms with E-state index in [1.165, 1.54) is 0 Å². The first-order valence-corrected chi connectivity index (χ1v) is 7.99. The monoisotopic (exact) mass is 305 g/mol. The molecule has 0 spiro atoms. The van der Waals surface area contributed by atoms with Gasteiger partial charge in [-0.1, -0.05) is 12.1 Å². The van der Waals surface area contributed by atoms with E-state index in [9.17, 15) is 4.21 Å². The highest BCUT2D eigenvalue weighted by Gasteiger charge is 2.11. The predicted molar refractivity (Wildman–Crippen MR) is 85.1 cm³/mol. The van der Waals surface area contributed by atoms with Gasteiger partial charge in [-0.05, 0) is 42.8 Å². The molecule has 112 valence electrons. The fraction of sp³-hybridized carbons (Fsp3) is 0.250. The van der Waals surface area contributed by atoms with E-state index in [1.54, 1.807) is 25.3 Å². The molecule has 0 saturated heterocycles. The molecule has 0 radical (unpaired) electrons. The number of nitrogens with two attached hydrogens (primary N) is 1. The molecule has 0 amide bonds. The molecule has 0 bridgehead atoms. The molecule has 0 aromatic heterocycles. The summed E-state index contributed by atoms with van der Waals surface area (Å²) in [7, 11) is 0.404. The lowest BCUT2D eigenvalue weighted by atomic mass is 10.2. The second kappa shape index (κ2) is 7.13. The van der Waals surface area contributed by atoms with E-state index in [2.05, 4.69) is 0 Å². The van der Waals surface area contributed by atoms with Crippen LogP contribution in [0.3, 0.4) is 0 Å². The van der Waals surface area contributed by atoms with Gasteiger partial charge in [-0.3, -0.25) is 4.21 Å². The number of methoxy groups -OCH3 is 1. The maximum absolute atomic E-state index is 12.5. The summed E-state index contributed by atoms with van der Waals surface area (Å²) in [4.78, 5) is 0.608. The largest absolute Gasteiger partial charge is 0.497 e. The van der Waals surface area contributed by atoms with Crippen molar-refractivity contribution in [2.75, 3.05) is 19.5 Å². The summed E-state index contributed by atoms with van der Waals surface area (Å²) >= 11 is 0. The van der Waals surface area contributed by atoms with Crippen LogP contribution in [0.4, 0.5) is 5.69 Å². The van der Waals surface area contributed by atoms with Crippen LogP contribution in [0.5, 0.6) is 11.5 Å². The quantitative estimate of drug-likeness (QED) is 0.833. The van der Waals surface area contributed by atoms with E-state index >= 15 is 0 Å². The van der Waals surface area contributed by atoms with Gasteiger partial charge in [0.05, 0.1) is 35.2 Å². The van der Waals surface area contributed by atoms with Crippen LogP contribution in [0.2, 0.25) is 0 Å². The van der Waals surface area contributed by atoms with Crippen molar-refractivity contribution in [3.8, 4) is 11.5 Å². The highest BCUT2D eigenvalue weighted by molar-refractivity contribution is 7.84. The highest BCUT2D eigenvalue weighted by atomic mass is 32.2. The molecule has 1 atom stereocenters. The number of benzene rings is 2. The van der Waals surface area contributed by atoms with Gasteiger partial charge in [-0.25, -0.2) is 0 Å². The normalized spacial score (nSPS) is 11.9. The van der Waals surface area contributed by atoms with Gasteiger partial charge in [0, 0.05) is 5.69 Å². The van der Waals surface area contributed by atoms with Gasteiger partial charge in [-0.15, -0.1) is 0 Å². The molecule has 0 fully saturated rings. The molecule has 0 aliphatic heterocycles. The molecule has 1 unspecified atom stereocenters. The molecule has 0 saturated carbocycles. The van der Waals surface area contributed by atoms with Gasteiger partial charge in [0.25, 0.3) is 0 Å². The second-order valence-corrected chi connectivity index (χ2v) is 5.89. The zero-order chi connectivity index (χ0) is 15.2. The van der Waals surface area contributed by atoms with E-state index in [1.807, 2.05) is 31.2 Å². The number of hydrogen-bond donors (Lipinski definition) is 1. The van der Waals surface area contributed by atoms with Gasteiger partial charge in [-0.2, -0.15) is 0 Å². The summed E-state index contributed by atoms with van der Waals surface area (Å²) in [5.41, 5.74) is 7.40. The van der Waals surface area contributed by atoms with Gasteiger partial charge < -0.3 is 15.2 Å². The van der Waals surface area contributed by atoms with Crippen molar-refractivity contribution in [2.45, 2.75) is 17.6 Å². The molecule has 21 heavy (non-hydrogen) atoms. The van der Waals surface area contributed by atoms with Crippen LogP contribution in [-0.4, -0.2) is 17.9 Å². The van der Waals surface area contributed by atoms with E-state index < -0.39 is 10.8 Å². The van der Waals surface area contributed by atoms with Crippen molar-refractivity contribution in [3.63, 3.8) is 0 Å². The standard InChI is InChI=1S/C16H19NO3S/c1-3-20-14-8-9-15(17)16(10-14)21(18)11-12-4-6-13(19-2)7-5-12/h4-10H,3,11,17H2,1-2H3. The van der Waals surface area contributed by atoms with Crippen LogP contribution in [0.25, 0.3) is 0 Å². The molecule has 2 rings (SSSR count). The summed E-state index contributed by atoms with van der Waals surface area (Å²) in [5.74, 6) is 1.87. The molecule has 2 N–H and O–H groups in total. The third-order valence-corrected chi connectivity index (χ3v) is 4.44. The zero-order valence-corrected chi connectivity index (χ0v) is 13.0. The zero-order valence-electron chi connectivity index (χ0n) is 12.2. The molecule has 0 heterocycles. The van der Waals surface area contributed by atoms with Crippen LogP contribution in [-0.2, 0) is 16.6 Å². The maximum atomic E-state index is 12.5. The minimum absolute atomic E-state index is 0.407. The smallest absolute Gasteiger partial charge is 0.120 e. The van der Waals surface area contributed by atoms with Gasteiger partial charge >= 0.3 is 0 Å². The van der Waals surface area contributed by atoms with Gasteiger partial charge in [0.1, 0.15) is 11.5 Å².